The summed E-state index contributed by atoms with van der Waals surface area (Å²) < 4.78 is 6.04. The van der Waals surface area contributed by atoms with Crippen molar-refractivity contribution in [3.05, 3.63) is 22.9 Å². The van der Waals surface area contributed by atoms with Gasteiger partial charge in [-0.3, -0.25) is 4.79 Å². The third-order valence-corrected chi connectivity index (χ3v) is 6.05. The highest BCUT2D eigenvalue weighted by atomic mass is 16.5. The first-order chi connectivity index (χ1) is 10.7. The van der Waals surface area contributed by atoms with Crippen molar-refractivity contribution in [1.29, 1.82) is 0 Å². The molecule has 1 aromatic rings. The molecule has 1 amide bonds. The molecule has 3 saturated heterocycles. The van der Waals surface area contributed by atoms with E-state index in [1.54, 1.807) is 0 Å². The van der Waals surface area contributed by atoms with Crippen molar-refractivity contribution in [2.24, 2.45) is 17.6 Å². The summed E-state index contributed by atoms with van der Waals surface area (Å²) in [6, 6.07) is 1.99. The number of primary amides is 1. The third kappa shape index (κ3) is 1.69. The number of carbonyl (C=O) groups excluding carboxylic acids is 1. The van der Waals surface area contributed by atoms with Gasteiger partial charge in [-0.1, -0.05) is 0 Å². The molecule has 1 aliphatic carbocycles. The maximum Gasteiger partial charge on any atom is 0.252 e. The lowest BCUT2D eigenvalue weighted by Gasteiger charge is -2.22. The first-order valence-corrected chi connectivity index (χ1v) is 8.43. The van der Waals surface area contributed by atoms with Gasteiger partial charge in [0.05, 0.1) is 17.8 Å². The number of hydrogen-bond acceptors (Lipinski definition) is 4. The predicted molar refractivity (Wildman–Crippen MR) is 81.9 cm³/mol. The average Bonchev–Trinajstić information content (AvgIpc) is 3.25. The van der Waals surface area contributed by atoms with Gasteiger partial charge in [0.1, 0.15) is 5.82 Å². The van der Waals surface area contributed by atoms with Gasteiger partial charge in [-0.2, -0.15) is 0 Å². The topological polar surface area (TPSA) is 68.5 Å². The molecule has 4 aliphatic rings. The Morgan fingerprint density at radius 1 is 1.23 bits per heavy atom. The van der Waals surface area contributed by atoms with Crippen LogP contribution in [0.15, 0.2) is 6.07 Å². The summed E-state index contributed by atoms with van der Waals surface area (Å²) in [4.78, 5) is 19.0. The van der Waals surface area contributed by atoms with Gasteiger partial charge >= 0.3 is 0 Å². The van der Waals surface area contributed by atoms with E-state index in [2.05, 4.69) is 4.90 Å². The highest BCUT2D eigenvalue weighted by Crippen LogP contribution is 2.48. The lowest BCUT2D eigenvalue weighted by molar-refractivity contribution is 0.0849. The van der Waals surface area contributed by atoms with E-state index in [9.17, 15) is 4.79 Å². The average molecular weight is 299 g/mol. The first kappa shape index (κ1) is 12.9. The number of aryl methyl sites for hydroxylation is 2. The Morgan fingerprint density at radius 2 is 1.95 bits per heavy atom. The van der Waals surface area contributed by atoms with Crippen LogP contribution in [-0.2, 0) is 17.6 Å². The molecule has 4 heterocycles. The summed E-state index contributed by atoms with van der Waals surface area (Å²) in [6.45, 7) is 1.91. The SMILES string of the molecule is NC(=O)c1cc2c(nc1N1C[C@@H]3[C@H](C1)[C@H]1CC[C@@H]3O1)CCC2. The number of anilines is 1. The van der Waals surface area contributed by atoms with Gasteiger partial charge in [0.2, 0.25) is 0 Å². The van der Waals surface area contributed by atoms with Crippen molar-refractivity contribution in [2.75, 3.05) is 18.0 Å². The summed E-state index contributed by atoms with van der Waals surface area (Å²) in [7, 11) is 0. The zero-order valence-electron chi connectivity index (χ0n) is 12.6. The molecule has 3 fully saturated rings. The fourth-order valence-corrected chi connectivity index (χ4v) is 5.02. The minimum Gasteiger partial charge on any atom is -0.374 e. The molecular weight excluding hydrogens is 278 g/mol. The molecule has 0 spiro atoms. The summed E-state index contributed by atoms with van der Waals surface area (Å²) in [6.07, 6.45) is 6.41. The number of rotatable bonds is 2. The second kappa shape index (κ2) is 4.44. The van der Waals surface area contributed by atoms with Crippen molar-refractivity contribution >= 4 is 11.7 Å². The third-order valence-electron chi connectivity index (χ3n) is 6.05. The first-order valence-electron chi connectivity index (χ1n) is 8.43. The lowest BCUT2D eigenvalue weighted by atomic mass is 9.82. The Labute approximate surface area is 129 Å². The van der Waals surface area contributed by atoms with Crippen molar-refractivity contribution in [1.82, 2.24) is 4.98 Å². The highest BCUT2D eigenvalue weighted by molar-refractivity contribution is 5.98. The monoisotopic (exact) mass is 299 g/mol. The van der Waals surface area contributed by atoms with Gasteiger partial charge in [-0.25, -0.2) is 4.98 Å². The Hall–Kier alpha value is -1.62. The van der Waals surface area contributed by atoms with Crippen molar-refractivity contribution in [2.45, 2.75) is 44.3 Å². The van der Waals surface area contributed by atoms with Crippen LogP contribution in [0.4, 0.5) is 5.82 Å². The van der Waals surface area contributed by atoms with E-state index >= 15 is 0 Å². The van der Waals surface area contributed by atoms with E-state index in [1.807, 2.05) is 6.07 Å². The molecule has 1 aromatic heterocycles. The van der Waals surface area contributed by atoms with E-state index < -0.39 is 0 Å². The van der Waals surface area contributed by atoms with Gasteiger partial charge in [0.25, 0.3) is 5.91 Å². The Balaban J connectivity index is 1.52. The minimum absolute atomic E-state index is 0.353. The molecule has 0 aromatic carbocycles. The van der Waals surface area contributed by atoms with Gasteiger partial charge < -0.3 is 15.4 Å². The fourth-order valence-electron chi connectivity index (χ4n) is 5.02. The van der Waals surface area contributed by atoms with Crippen LogP contribution in [0, 0.1) is 11.8 Å². The molecule has 22 heavy (non-hydrogen) atoms. The molecule has 0 radical (unpaired) electrons. The van der Waals surface area contributed by atoms with Gasteiger partial charge in [0, 0.05) is 30.6 Å². The molecule has 5 nitrogen and oxygen atoms in total. The molecule has 0 unspecified atom stereocenters. The van der Waals surface area contributed by atoms with Crippen LogP contribution in [-0.4, -0.2) is 36.2 Å². The summed E-state index contributed by atoms with van der Waals surface area (Å²) >= 11 is 0. The molecule has 0 saturated carbocycles. The Morgan fingerprint density at radius 3 is 2.64 bits per heavy atom. The number of nitrogens with two attached hydrogens (primary N) is 1. The number of fused-ring (bicyclic) bond motifs is 6. The Kier molecular flexibility index (Phi) is 2.60. The maximum absolute atomic E-state index is 11.9. The molecular formula is C17H21N3O2. The van der Waals surface area contributed by atoms with Crippen LogP contribution in [0.5, 0.6) is 0 Å². The standard InChI is InChI=1S/C17H21N3O2/c18-16(21)10-6-9-2-1-3-13(9)19-17(10)20-7-11-12(8-20)15-5-4-14(11)22-15/h6,11-12,14-15H,1-5,7-8H2,(H2,18,21)/t11-,12+,14+,15-. The number of ether oxygens (including phenoxy) is 1. The number of hydrogen-bond donors (Lipinski definition) is 1. The van der Waals surface area contributed by atoms with Crippen LogP contribution >= 0.6 is 0 Å². The second-order valence-corrected chi connectivity index (χ2v) is 7.21. The molecule has 2 N–H and O–H groups in total. The highest BCUT2D eigenvalue weighted by Gasteiger charge is 2.53. The van der Waals surface area contributed by atoms with E-state index in [1.165, 1.54) is 18.4 Å². The van der Waals surface area contributed by atoms with Crippen molar-refractivity contribution < 1.29 is 9.53 Å². The maximum atomic E-state index is 11.9. The minimum atomic E-state index is -0.353. The van der Waals surface area contributed by atoms with E-state index in [0.29, 0.717) is 29.6 Å². The summed E-state index contributed by atoms with van der Waals surface area (Å²) in [5.41, 5.74) is 8.61. The Bertz CT molecular complexity index is 642. The molecule has 5 rings (SSSR count). The smallest absolute Gasteiger partial charge is 0.252 e. The van der Waals surface area contributed by atoms with Crippen LogP contribution in [0.25, 0.3) is 0 Å². The van der Waals surface area contributed by atoms with Crippen LogP contribution in [0.2, 0.25) is 0 Å². The van der Waals surface area contributed by atoms with Crippen LogP contribution in [0.3, 0.4) is 0 Å². The van der Waals surface area contributed by atoms with Crippen LogP contribution in [0.1, 0.15) is 40.9 Å². The van der Waals surface area contributed by atoms with E-state index in [-0.39, 0.29) is 5.91 Å². The second-order valence-electron chi connectivity index (χ2n) is 7.21. The normalized spacial score (nSPS) is 35.0. The zero-order chi connectivity index (χ0) is 14.8. The molecule has 3 aliphatic heterocycles. The fraction of sp³-hybridized carbons (Fsp3) is 0.647. The van der Waals surface area contributed by atoms with E-state index in [4.69, 9.17) is 15.5 Å². The molecule has 2 bridgehead atoms. The summed E-state index contributed by atoms with van der Waals surface area (Å²) in [5.74, 6) is 1.68. The van der Waals surface area contributed by atoms with Gasteiger partial charge in [0.15, 0.2) is 0 Å². The largest absolute Gasteiger partial charge is 0.374 e. The number of amides is 1. The van der Waals surface area contributed by atoms with E-state index in [0.717, 1.165) is 43.9 Å². The predicted octanol–water partition coefficient (Wildman–Crippen LogP) is 1.28. The number of pyridine rings is 1. The molecule has 4 atom stereocenters. The lowest BCUT2D eigenvalue weighted by Crippen LogP contribution is -2.28. The number of carbonyl (C=O) groups is 1. The van der Waals surface area contributed by atoms with Crippen LogP contribution < -0.4 is 10.6 Å². The molecule has 5 heteroatoms. The summed E-state index contributed by atoms with van der Waals surface area (Å²) in [5, 5.41) is 0. The quantitative estimate of drug-likeness (QED) is 0.893. The number of aromatic nitrogens is 1. The van der Waals surface area contributed by atoms with Gasteiger partial charge in [-0.05, 0) is 43.7 Å². The number of nitrogens with zero attached hydrogens (tertiary/aromatic N) is 2. The zero-order valence-corrected chi connectivity index (χ0v) is 12.6. The van der Waals surface area contributed by atoms with Gasteiger partial charge in [-0.15, -0.1) is 0 Å². The molecule has 116 valence electrons. The van der Waals surface area contributed by atoms with Crippen molar-refractivity contribution in [3.8, 4) is 0 Å². The van der Waals surface area contributed by atoms with Crippen molar-refractivity contribution in [3.63, 3.8) is 0 Å².